The van der Waals surface area contributed by atoms with Crippen molar-refractivity contribution >= 4 is 11.6 Å². The van der Waals surface area contributed by atoms with Crippen molar-refractivity contribution in [2.45, 2.75) is 38.0 Å². The molecule has 1 aromatic heterocycles. The van der Waals surface area contributed by atoms with Crippen molar-refractivity contribution in [1.29, 1.82) is 0 Å². The van der Waals surface area contributed by atoms with Crippen molar-refractivity contribution in [3.63, 3.8) is 0 Å². The van der Waals surface area contributed by atoms with Crippen LogP contribution in [-0.4, -0.2) is 35.9 Å². The van der Waals surface area contributed by atoms with Gasteiger partial charge in [0.15, 0.2) is 0 Å². The van der Waals surface area contributed by atoms with E-state index in [0.717, 1.165) is 44.0 Å². The molecule has 0 saturated carbocycles. The number of rotatable bonds is 2. The summed E-state index contributed by atoms with van der Waals surface area (Å²) in [6.45, 7) is 6.40. The van der Waals surface area contributed by atoms with Gasteiger partial charge in [0.2, 0.25) is 0 Å². The standard InChI is InChI=1S/C19H23N3O2/c1-13(2)17-14(11-20-21-17)18(23)22-12-19(7-9-24-10-8-19)15-5-3-4-6-16(15)22/h3-6,11,13H,7-10,12H2,1-2H3,(H,20,21). The molecule has 1 aromatic carbocycles. The molecular weight excluding hydrogens is 302 g/mol. The summed E-state index contributed by atoms with van der Waals surface area (Å²) in [7, 11) is 0. The fourth-order valence-corrected chi connectivity index (χ4v) is 4.05. The van der Waals surface area contributed by atoms with Crippen molar-refractivity contribution in [3.8, 4) is 0 Å². The molecule has 0 unspecified atom stereocenters. The van der Waals surface area contributed by atoms with E-state index in [0.29, 0.717) is 5.56 Å². The second-order valence-electron chi connectivity index (χ2n) is 7.15. The maximum Gasteiger partial charge on any atom is 0.261 e. The van der Waals surface area contributed by atoms with Crippen molar-refractivity contribution < 1.29 is 9.53 Å². The van der Waals surface area contributed by atoms with Crippen LogP contribution in [0.4, 0.5) is 5.69 Å². The highest BCUT2D eigenvalue weighted by atomic mass is 16.5. The lowest BCUT2D eigenvalue weighted by Crippen LogP contribution is -2.40. The average Bonchev–Trinajstić information content (AvgIpc) is 3.20. The number of aromatic amines is 1. The maximum atomic E-state index is 13.3. The van der Waals surface area contributed by atoms with E-state index < -0.39 is 0 Å². The van der Waals surface area contributed by atoms with Gasteiger partial charge in [-0.2, -0.15) is 5.10 Å². The first-order chi connectivity index (χ1) is 11.6. The summed E-state index contributed by atoms with van der Waals surface area (Å²) in [6.07, 6.45) is 3.60. The molecule has 1 spiro atoms. The molecule has 4 rings (SSSR count). The van der Waals surface area contributed by atoms with Crippen LogP contribution in [-0.2, 0) is 10.2 Å². The summed E-state index contributed by atoms with van der Waals surface area (Å²) >= 11 is 0. The van der Waals surface area contributed by atoms with Crippen LogP contribution < -0.4 is 4.90 Å². The molecule has 1 fully saturated rings. The Kier molecular flexibility index (Phi) is 3.68. The number of aromatic nitrogens is 2. The minimum absolute atomic E-state index is 0.0340. The lowest BCUT2D eigenvalue weighted by atomic mass is 9.76. The first-order valence-corrected chi connectivity index (χ1v) is 8.65. The fourth-order valence-electron chi connectivity index (χ4n) is 4.05. The fraction of sp³-hybridized carbons (Fsp3) is 0.474. The van der Waals surface area contributed by atoms with Gasteiger partial charge in [-0.1, -0.05) is 32.0 Å². The third-order valence-electron chi connectivity index (χ3n) is 5.40. The molecule has 24 heavy (non-hydrogen) atoms. The highest BCUT2D eigenvalue weighted by Gasteiger charge is 2.45. The normalized spacial score (nSPS) is 19.0. The molecule has 5 heteroatoms. The van der Waals surface area contributed by atoms with Crippen LogP contribution in [0.2, 0.25) is 0 Å². The Morgan fingerprint density at radius 2 is 2.04 bits per heavy atom. The number of para-hydroxylation sites is 1. The summed E-state index contributed by atoms with van der Waals surface area (Å²) < 4.78 is 5.57. The van der Waals surface area contributed by atoms with Crippen molar-refractivity contribution in [2.24, 2.45) is 0 Å². The quantitative estimate of drug-likeness (QED) is 0.922. The zero-order chi connectivity index (χ0) is 16.7. The molecule has 0 radical (unpaired) electrons. The van der Waals surface area contributed by atoms with E-state index in [1.807, 2.05) is 11.0 Å². The van der Waals surface area contributed by atoms with Crippen molar-refractivity contribution in [1.82, 2.24) is 10.2 Å². The molecule has 2 aliphatic rings. The molecule has 0 aliphatic carbocycles. The molecule has 1 amide bonds. The van der Waals surface area contributed by atoms with Crippen molar-refractivity contribution in [3.05, 3.63) is 47.3 Å². The number of H-pyrrole nitrogens is 1. The number of nitrogens with one attached hydrogen (secondary N) is 1. The monoisotopic (exact) mass is 325 g/mol. The molecule has 2 aliphatic heterocycles. The summed E-state index contributed by atoms with van der Waals surface area (Å²) in [4.78, 5) is 15.2. The Morgan fingerprint density at radius 1 is 1.29 bits per heavy atom. The number of anilines is 1. The molecule has 0 bridgehead atoms. The number of fused-ring (bicyclic) bond motifs is 2. The third kappa shape index (κ3) is 2.26. The Labute approximate surface area is 142 Å². The van der Waals surface area contributed by atoms with Gasteiger partial charge >= 0.3 is 0 Å². The molecular formula is C19H23N3O2. The van der Waals surface area contributed by atoms with Crippen LogP contribution in [0, 0.1) is 0 Å². The number of benzene rings is 1. The van der Waals surface area contributed by atoms with Gasteiger partial charge in [-0.05, 0) is 30.4 Å². The number of carbonyl (C=O) groups is 1. The van der Waals surface area contributed by atoms with E-state index in [1.165, 1.54) is 5.56 Å². The Balaban J connectivity index is 1.74. The Morgan fingerprint density at radius 3 is 2.79 bits per heavy atom. The van der Waals surface area contributed by atoms with Gasteiger partial charge in [-0.3, -0.25) is 9.89 Å². The first kappa shape index (κ1) is 15.4. The van der Waals surface area contributed by atoms with Gasteiger partial charge in [0, 0.05) is 30.9 Å². The van der Waals surface area contributed by atoms with Crippen LogP contribution in [0.15, 0.2) is 30.5 Å². The zero-order valence-electron chi connectivity index (χ0n) is 14.2. The number of nitrogens with zero attached hydrogens (tertiary/aromatic N) is 2. The Hall–Kier alpha value is -2.14. The summed E-state index contributed by atoms with van der Waals surface area (Å²) in [5.41, 5.74) is 3.96. The summed E-state index contributed by atoms with van der Waals surface area (Å²) in [6, 6.07) is 8.32. The van der Waals surface area contributed by atoms with Crippen LogP contribution in [0.3, 0.4) is 0 Å². The zero-order valence-corrected chi connectivity index (χ0v) is 14.2. The highest BCUT2D eigenvalue weighted by Crippen LogP contribution is 2.47. The van der Waals surface area contributed by atoms with E-state index in [9.17, 15) is 4.79 Å². The van der Waals surface area contributed by atoms with Crippen LogP contribution in [0.25, 0.3) is 0 Å². The molecule has 2 aromatic rings. The molecule has 5 nitrogen and oxygen atoms in total. The lowest BCUT2D eigenvalue weighted by Gasteiger charge is -2.34. The van der Waals surface area contributed by atoms with Crippen LogP contribution in [0.5, 0.6) is 0 Å². The molecule has 3 heterocycles. The van der Waals surface area contributed by atoms with Crippen molar-refractivity contribution in [2.75, 3.05) is 24.7 Å². The number of hydrogen-bond donors (Lipinski definition) is 1. The van der Waals surface area contributed by atoms with Gasteiger partial charge in [-0.25, -0.2) is 0 Å². The van der Waals surface area contributed by atoms with Gasteiger partial charge in [0.05, 0.1) is 17.5 Å². The Bertz CT molecular complexity index is 759. The predicted molar refractivity (Wildman–Crippen MR) is 92.5 cm³/mol. The maximum absolute atomic E-state index is 13.3. The lowest BCUT2D eigenvalue weighted by molar-refractivity contribution is 0.0547. The van der Waals surface area contributed by atoms with Gasteiger partial charge < -0.3 is 9.64 Å². The van der Waals surface area contributed by atoms with Gasteiger partial charge in [0.1, 0.15) is 0 Å². The summed E-state index contributed by atoms with van der Waals surface area (Å²) in [5.74, 6) is 0.282. The smallest absolute Gasteiger partial charge is 0.261 e. The third-order valence-corrected chi connectivity index (χ3v) is 5.40. The molecule has 126 valence electrons. The van der Waals surface area contributed by atoms with Gasteiger partial charge in [0.25, 0.3) is 5.91 Å². The van der Waals surface area contributed by atoms with E-state index >= 15 is 0 Å². The number of carbonyl (C=O) groups excluding carboxylic acids is 1. The number of amides is 1. The van der Waals surface area contributed by atoms with E-state index in [2.05, 4.69) is 42.2 Å². The topological polar surface area (TPSA) is 58.2 Å². The van der Waals surface area contributed by atoms with E-state index in [-0.39, 0.29) is 17.2 Å². The highest BCUT2D eigenvalue weighted by molar-refractivity contribution is 6.08. The summed E-state index contributed by atoms with van der Waals surface area (Å²) in [5, 5.41) is 7.09. The molecule has 0 atom stereocenters. The second-order valence-corrected chi connectivity index (χ2v) is 7.15. The SMILES string of the molecule is CC(C)c1[nH]ncc1C(=O)N1CC2(CCOCC2)c2ccccc21. The average molecular weight is 325 g/mol. The first-order valence-electron chi connectivity index (χ1n) is 8.65. The van der Waals surface area contributed by atoms with Gasteiger partial charge in [-0.15, -0.1) is 0 Å². The van der Waals surface area contributed by atoms with Crippen LogP contribution >= 0.6 is 0 Å². The van der Waals surface area contributed by atoms with Crippen LogP contribution in [0.1, 0.15) is 54.2 Å². The largest absolute Gasteiger partial charge is 0.381 e. The minimum atomic E-state index is 0.0340. The predicted octanol–water partition coefficient (Wildman–Crippen LogP) is 3.24. The van der Waals surface area contributed by atoms with E-state index in [1.54, 1.807) is 6.20 Å². The number of ether oxygens (including phenoxy) is 1. The molecule has 1 N–H and O–H groups in total. The van der Waals surface area contributed by atoms with E-state index in [4.69, 9.17) is 4.74 Å². The number of hydrogen-bond acceptors (Lipinski definition) is 3. The minimum Gasteiger partial charge on any atom is -0.381 e. The molecule has 1 saturated heterocycles. The second kappa shape index (κ2) is 5.74.